The highest BCUT2D eigenvalue weighted by Gasteiger charge is 2.15. The second-order valence-corrected chi connectivity index (χ2v) is 8.73. The summed E-state index contributed by atoms with van der Waals surface area (Å²) in [6, 6.07) is 6.08. The topological polar surface area (TPSA) is 83.5 Å². The molecule has 184 valence electrons. The molecule has 33 heavy (non-hydrogen) atoms. The van der Waals surface area contributed by atoms with Crippen LogP contribution in [0.4, 0.5) is 0 Å². The molecule has 1 aromatic rings. The van der Waals surface area contributed by atoms with E-state index in [1.807, 2.05) is 0 Å². The van der Waals surface area contributed by atoms with E-state index in [0.29, 0.717) is 6.42 Å². The summed E-state index contributed by atoms with van der Waals surface area (Å²) in [7, 11) is 0. The number of unbranched alkanes of at least 4 members (excludes halogenated alkanes) is 11. The lowest BCUT2D eigenvalue weighted by molar-refractivity contribution is -0.119. The second-order valence-electron chi connectivity index (χ2n) is 8.73. The molecule has 0 heterocycles. The fourth-order valence-corrected chi connectivity index (χ4v) is 3.80. The van der Waals surface area contributed by atoms with Crippen LogP contribution in [0.1, 0.15) is 124 Å². The maximum atomic E-state index is 12.2. The molecule has 0 aromatic heterocycles. The summed E-state index contributed by atoms with van der Waals surface area (Å²) in [6.07, 6.45) is 21.5. The number of Topliss-reactive ketones (excluding diaryl/α,β-unsaturated/α-hetero) is 1. The molecule has 1 aromatic carbocycles. The van der Waals surface area contributed by atoms with Crippen molar-refractivity contribution in [2.45, 2.75) is 103 Å². The molecule has 0 atom stereocenters. The van der Waals surface area contributed by atoms with E-state index in [9.17, 15) is 14.4 Å². The molecule has 0 saturated carbocycles. The Morgan fingerprint density at radius 1 is 0.758 bits per heavy atom. The van der Waals surface area contributed by atoms with E-state index in [1.54, 1.807) is 12.1 Å². The van der Waals surface area contributed by atoms with Crippen molar-refractivity contribution >= 4 is 17.7 Å². The maximum Gasteiger partial charge on any atom is 0.336 e. The van der Waals surface area contributed by atoms with E-state index in [2.05, 4.69) is 24.4 Å². The van der Waals surface area contributed by atoms with Crippen LogP contribution >= 0.6 is 0 Å². The number of carboxylic acid groups (broad SMARTS) is 1. The first kappa shape index (κ1) is 28.6. The Bertz CT molecular complexity index is 726. The molecule has 5 nitrogen and oxygen atoms in total. The lowest BCUT2D eigenvalue weighted by Gasteiger charge is -2.07. The quantitative estimate of drug-likeness (QED) is 0.161. The van der Waals surface area contributed by atoms with Gasteiger partial charge in [-0.25, -0.2) is 4.79 Å². The molecule has 1 rings (SSSR count). The van der Waals surface area contributed by atoms with Crippen LogP contribution in [-0.2, 0) is 4.79 Å². The van der Waals surface area contributed by atoms with Gasteiger partial charge in [-0.2, -0.15) is 0 Å². The first-order valence-corrected chi connectivity index (χ1v) is 12.8. The van der Waals surface area contributed by atoms with Crippen molar-refractivity contribution in [3.8, 4) is 0 Å². The average Bonchev–Trinajstić information content (AvgIpc) is 2.81. The Kier molecular flexibility index (Phi) is 16.5. The first-order valence-electron chi connectivity index (χ1n) is 12.8. The number of hydrogen-bond donors (Lipinski definition) is 2. The number of amides is 1. The molecule has 0 saturated heterocycles. The standard InChI is InChI=1S/C28H43NO4/c1-2-3-4-5-6-7-8-9-10-11-12-13-14-15-16-19-24(30)22-23-29-27(31)25-20-17-18-21-26(25)28(32)33/h9-10,17-18,20-21H,2-8,11-16,19,22-23H2,1H3,(H,29,31)(H,32,33)/b10-9-. The second kappa shape index (κ2) is 19.1. The van der Waals surface area contributed by atoms with E-state index in [1.165, 1.54) is 69.9 Å². The first-order chi connectivity index (χ1) is 16.1. The van der Waals surface area contributed by atoms with Crippen LogP contribution in [0.15, 0.2) is 36.4 Å². The number of allylic oxidation sites excluding steroid dienone is 2. The smallest absolute Gasteiger partial charge is 0.336 e. The summed E-state index contributed by atoms with van der Waals surface area (Å²) in [5, 5.41) is 11.8. The number of ketones is 1. The van der Waals surface area contributed by atoms with E-state index in [4.69, 9.17) is 5.11 Å². The van der Waals surface area contributed by atoms with Gasteiger partial charge in [0.15, 0.2) is 0 Å². The summed E-state index contributed by atoms with van der Waals surface area (Å²) < 4.78 is 0. The molecule has 0 aliphatic rings. The van der Waals surface area contributed by atoms with E-state index in [-0.39, 0.29) is 29.9 Å². The number of nitrogens with one attached hydrogen (secondary N) is 1. The highest BCUT2D eigenvalue weighted by Crippen LogP contribution is 2.11. The minimum atomic E-state index is -1.14. The number of carbonyl (C=O) groups excluding carboxylic acids is 2. The van der Waals surface area contributed by atoms with Gasteiger partial charge in [-0.15, -0.1) is 0 Å². The van der Waals surface area contributed by atoms with Gasteiger partial charge >= 0.3 is 5.97 Å². The Morgan fingerprint density at radius 3 is 1.91 bits per heavy atom. The lowest BCUT2D eigenvalue weighted by atomic mass is 10.1. The van der Waals surface area contributed by atoms with Crippen LogP contribution in [0.3, 0.4) is 0 Å². The number of hydrogen-bond acceptors (Lipinski definition) is 3. The van der Waals surface area contributed by atoms with Crippen molar-refractivity contribution in [2.24, 2.45) is 0 Å². The SMILES string of the molecule is CCCCCCCC/C=C\CCCCCCCC(=O)CCNC(=O)c1ccccc1C(=O)O. The lowest BCUT2D eigenvalue weighted by Crippen LogP contribution is -2.27. The van der Waals surface area contributed by atoms with E-state index in [0.717, 1.165) is 25.7 Å². The Hall–Kier alpha value is -2.43. The molecule has 0 fully saturated rings. The number of benzene rings is 1. The van der Waals surface area contributed by atoms with Crippen molar-refractivity contribution in [1.29, 1.82) is 0 Å². The highest BCUT2D eigenvalue weighted by atomic mass is 16.4. The molecular weight excluding hydrogens is 414 g/mol. The van der Waals surface area contributed by atoms with Crippen molar-refractivity contribution in [3.63, 3.8) is 0 Å². The molecule has 1 amide bonds. The average molecular weight is 458 g/mol. The summed E-state index contributed by atoms with van der Waals surface area (Å²) in [5.74, 6) is -1.46. The zero-order valence-electron chi connectivity index (χ0n) is 20.4. The van der Waals surface area contributed by atoms with Crippen LogP contribution in [0.25, 0.3) is 0 Å². The van der Waals surface area contributed by atoms with Crippen LogP contribution in [0.5, 0.6) is 0 Å². The van der Waals surface area contributed by atoms with Crippen LogP contribution in [-0.4, -0.2) is 29.3 Å². The molecule has 0 bridgehead atoms. The van der Waals surface area contributed by atoms with E-state index >= 15 is 0 Å². The maximum absolute atomic E-state index is 12.2. The van der Waals surface area contributed by atoms with Crippen LogP contribution < -0.4 is 5.32 Å². The zero-order valence-corrected chi connectivity index (χ0v) is 20.4. The fourth-order valence-electron chi connectivity index (χ4n) is 3.80. The summed E-state index contributed by atoms with van der Waals surface area (Å²) in [5.41, 5.74) is 0.0873. The van der Waals surface area contributed by atoms with Crippen molar-refractivity contribution in [3.05, 3.63) is 47.5 Å². The molecule has 0 aliphatic heterocycles. The minimum Gasteiger partial charge on any atom is -0.478 e. The molecule has 0 spiro atoms. The van der Waals surface area contributed by atoms with Gasteiger partial charge in [0.2, 0.25) is 0 Å². The monoisotopic (exact) mass is 457 g/mol. The van der Waals surface area contributed by atoms with Gasteiger partial charge in [0, 0.05) is 19.4 Å². The highest BCUT2D eigenvalue weighted by molar-refractivity contribution is 6.04. The Balaban J connectivity index is 1.98. The predicted octanol–water partition coefficient (Wildman–Crippen LogP) is 7.11. The normalized spacial score (nSPS) is 11.1. The summed E-state index contributed by atoms with van der Waals surface area (Å²) >= 11 is 0. The van der Waals surface area contributed by atoms with Gasteiger partial charge in [-0.1, -0.05) is 82.6 Å². The van der Waals surface area contributed by atoms with E-state index < -0.39 is 11.9 Å². The number of carboxylic acids is 1. The third kappa shape index (κ3) is 14.4. The molecule has 2 N–H and O–H groups in total. The fraction of sp³-hybridized carbons (Fsp3) is 0.607. The Morgan fingerprint density at radius 2 is 1.30 bits per heavy atom. The van der Waals surface area contributed by atoms with Crippen molar-refractivity contribution in [2.75, 3.05) is 6.54 Å². The van der Waals surface area contributed by atoms with Crippen LogP contribution in [0.2, 0.25) is 0 Å². The predicted molar refractivity (Wildman–Crippen MR) is 135 cm³/mol. The Labute approximate surface area is 200 Å². The molecule has 0 unspecified atom stereocenters. The third-order valence-electron chi connectivity index (χ3n) is 5.81. The summed E-state index contributed by atoms with van der Waals surface area (Å²) in [6.45, 7) is 2.48. The van der Waals surface area contributed by atoms with Gasteiger partial charge in [-0.3, -0.25) is 9.59 Å². The van der Waals surface area contributed by atoms with Crippen molar-refractivity contribution < 1.29 is 19.5 Å². The molecule has 0 radical (unpaired) electrons. The number of carbonyl (C=O) groups is 3. The third-order valence-corrected chi connectivity index (χ3v) is 5.81. The van der Waals surface area contributed by atoms with Gasteiger partial charge in [0.25, 0.3) is 5.91 Å². The number of rotatable bonds is 20. The zero-order chi connectivity index (χ0) is 24.2. The molecule has 5 heteroatoms. The van der Waals surface area contributed by atoms with Gasteiger partial charge in [0.1, 0.15) is 5.78 Å². The molecule has 0 aliphatic carbocycles. The van der Waals surface area contributed by atoms with Gasteiger partial charge < -0.3 is 10.4 Å². The largest absolute Gasteiger partial charge is 0.478 e. The molecular formula is C28H43NO4. The number of aromatic carboxylic acids is 1. The van der Waals surface area contributed by atoms with Crippen molar-refractivity contribution in [1.82, 2.24) is 5.32 Å². The van der Waals surface area contributed by atoms with Gasteiger partial charge in [-0.05, 0) is 44.2 Å². The van der Waals surface area contributed by atoms with Gasteiger partial charge in [0.05, 0.1) is 11.1 Å². The van der Waals surface area contributed by atoms with Crippen LogP contribution in [0, 0.1) is 0 Å². The minimum absolute atomic E-state index is 0.0328. The summed E-state index contributed by atoms with van der Waals surface area (Å²) in [4.78, 5) is 35.4.